The van der Waals surface area contributed by atoms with Crippen LogP contribution in [0.15, 0.2) is 12.3 Å². The van der Waals surface area contributed by atoms with Crippen molar-refractivity contribution in [1.29, 1.82) is 0 Å². The zero-order chi connectivity index (χ0) is 8.39. The SMILES string of the molecule is OCC1CCn2nccc2CN1. The van der Waals surface area contributed by atoms with E-state index in [4.69, 9.17) is 5.11 Å². The summed E-state index contributed by atoms with van der Waals surface area (Å²) in [5.74, 6) is 0. The van der Waals surface area contributed by atoms with Crippen LogP contribution in [0, 0.1) is 0 Å². The van der Waals surface area contributed by atoms with Crippen LogP contribution in [0.4, 0.5) is 0 Å². The van der Waals surface area contributed by atoms with Crippen molar-refractivity contribution in [3.05, 3.63) is 18.0 Å². The zero-order valence-electron chi connectivity index (χ0n) is 6.90. The molecule has 0 amide bonds. The molecule has 0 saturated carbocycles. The van der Waals surface area contributed by atoms with Gasteiger partial charge in [-0.25, -0.2) is 0 Å². The van der Waals surface area contributed by atoms with Crippen molar-refractivity contribution in [1.82, 2.24) is 15.1 Å². The largest absolute Gasteiger partial charge is 0.395 e. The van der Waals surface area contributed by atoms with E-state index in [9.17, 15) is 0 Å². The summed E-state index contributed by atoms with van der Waals surface area (Å²) in [6.07, 6.45) is 2.77. The average Bonchev–Trinajstić information content (AvgIpc) is 2.46. The maximum atomic E-state index is 8.94. The molecule has 1 aliphatic heterocycles. The lowest BCUT2D eigenvalue weighted by molar-refractivity contribution is 0.235. The third-order valence-electron chi connectivity index (χ3n) is 2.29. The summed E-state index contributed by atoms with van der Waals surface area (Å²) in [5, 5.41) is 16.4. The van der Waals surface area contributed by atoms with Gasteiger partial charge in [0.15, 0.2) is 0 Å². The van der Waals surface area contributed by atoms with Crippen LogP contribution in [-0.4, -0.2) is 27.5 Å². The van der Waals surface area contributed by atoms with Gasteiger partial charge in [0.2, 0.25) is 0 Å². The molecule has 0 aromatic carbocycles. The summed E-state index contributed by atoms with van der Waals surface area (Å²) in [5.41, 5.74) is 1.20. The van der Waals surface area contributed by atoms with Gasteiger partial charge in [-0.15, -0.1) is 0 Å². The molecule has 12 heavy (non-hydrogen) atoms. The Labute approximate surface area is 71.2 Å². The molecule has 1 aliphatic rings. The number of hydrogen-bond donors (Lipinski definition) is 2. The predicted octanol–water partition coefficient (Wildman–Crippen LogP) is -0.263. The number of nitrogens with zero attached hydrogens (tertiary/aromatic N) is 2. The summed E-state index contributed by atoms with van der Waals surface area (Å²) in [6, 6.07) is 2.24. The first-order valence-corrected chi connectivity index (χ1v) is 4.25. The summed E-state index contributed by atoms with van der Waals surface area (Å²) in [7, 11) is 0. The second kappa shape index (κ2) is 3.25. The van der Waals surface area contributed by atoms with Gasteiger partial charge in [-0.2, -0.15) is 5.10 Å². The third-order valence-corrected chi connectivity index (χ3v) is 2.29. The summed E-state index contributed by atoms with van der Waals surface area (Å²) >= 11 is 0. The quantitative estimate of drug-likeness (QED) is 0.605. The van der Waals surface area contributed by atoms with Gasteiger partial charge in [0.05, 0.1) is 12.3 Å². The average molecular weight is 167 g/mol. The highest BCUT2D eigenvalue weighted by Crippen LogP contribution is 2.07. The Kier molecular flexibility index (Phi) is 2.10. The van der Waals surface area contributed by atoms with Crippen molar-refractivity contribution in [2.24, 2.45) is 0 Å². The highest BCUT2D eigenvalue weighted by atomic mass is 16.3. The molecule has 0 bridgehead atoms. The molecule has 2 heterocycles. The zero-order valence-corrected chi connectivity index (χ0v) is 6.90. The highest BCUT2D eigenvalue weighted by molar-refractivity contribution is 5.01. The van der Waals surface area contributed by atoms with Gasteiger partial charge in [-0.3, -0.25) is 4.68 Å². The number of nitrogens with one attached hydrogen (secondary N) is 1. The van der Waals surface area contributed by atoms with Gasteiger partial charge < -0.3 is 10.4 Å². The molecular weight excluding hydrogens is 154 g/mol. The molecule has 0 fully saturated rings. The van der Waals surface area contributed by atoms with Crippen LogP contribution in [0.25, 0.3) is 0 Å². The topological polar surface area (TPSA) is 50.1 Å². The second-order valence-electron chi connectivity index (χ2n) is 3.09. The van der Waals surface area contributed by atoms with Crippen LogP contribution in [0.2, 0.25) is 0 Å². The molecule has 2 rings (SSSR count). The summed E-state index contributed by atoms with van der Waals surface area (Å²) in [4.78, 5) is 0. The van der Waals surface area contributed by atoms with E-state index in [-0.39, 0.29) is 12.6 Å². The van der Waals surface area contributed by atoms with E-state index in [1.165, 1.54) is 5.69 Å². The standard InChI is InChI=1S/C8H13N3O/c12-6-7-2-4-11-8(5-9-7)1-3-10-11/h1,3,7,9,12H,2,4-6H2. The smallest absolute Gasteiger partial charge is 0.0585 e. The molecule has 0 radical (unpaired) electrons. The molecular formula is C8H13N3O. The fourth-order valence-corrected chi connectivity index (χ4v) is 1.50. The first kappa shape index (κ1) is 7.76. The Morgan fingerprint density at radius 2 is 2.67 bits per heavy atom. The molecule has 4 heteroatoms. The molecule has 4 nitrogen and oxygen atoms in total. The number of fused-ring (bicyclic) bond motifs is 1. The lowest BCUT2D eigenvalue weighted by atomic mass is 10.2. The number of aryl methyl sites for hydroxylation is 1. The van der Waals surface area contributed by atoms with Gasteiger partial charge in [0, 0.05) is 25.3 Å². The van der Waals surface area contributed by atoms with Crippen LogP contribution in [-0.2, 0) is 13.1 Å². The van der Waals surface area contributed by atoms with E-state index >= 15 is 0 Å². The summed E-state index contributed by atoms with van der Waals surface area (Å²) in [6.45, 7) is 1.93. The Hall–Kier alpha value is -0.870. The lowest BCUT2D eigenvalue weighted by Crippen LogP contribution is -2.30. The van der Waals surface area contributed by atoms with Gasteiger partial charge in [-0.1, -0.05) is 0 Å². The number of aliphatic hydroxyl groups is 1. The normalized spacial score (nSPS) is 23.2. The molecule has 1 atom stereocenters. The van der Waals surface area contributed by atoms with E-state index in [0.717, 1.165) is 19.5 Å². The maximum Gasteiger partial charge on any atom is 0.0585 e. The predicted molar refractivity (Wildman–Crippen MR) is 44.6 cm³/mol. The van der Waals surface area contributed by atoms with E-state index in [1.54, 1.807) is 0 Å². The number of aliphatic hydroxyl groups excluding tert-OH is 1. The van der Waals surface area contributed by atoms with E-state index in [2.05, 4.69) is 10.4 Å². The molecule has 66 valence electrons. The van der Waals surface area contributed by atoms with E-state index in [0.29, 0.717) is 0 Å². The van der Waals surface area contributed by atoms with Crippen LogP contribution in [0.3, 0.4) is 0 Å². The Bertz CT molecular complexity index is 236. The van der Waals surface area contributed by atoms with Crippen LogP contribution in [0.1, 0.15) is 12.1 Å². The molecule has 2 N–H and O–H groups in total. The van der Waals surface area contributed by atoms with Gasteiger partial charge >= 0.3 is 0 Å². The van der Waals surface area contributed by atoms with Crippen molar-refractivity contribution in [2.45, 2.75) is 25.6 Å². The van der Waals surface area contributed by atoms with Crippen molar-refractivity contribution >= 4 is 0 Å². The molecule has 0 aliphatic carbocycles. The fraction of sp³-hybridized carbons (Fsp3) is 0.625. The Balaban J connectivity index is 2.10. The van der Waals surface area contributed by atoms with Crippen molar-refractivity contribution in [3.8, 4) is 0 Å². The van der Waals surface area contributed by atoms with Crippen LogP contribution in [0.5, 0.6) is 0 Å². The van der Waals surface area contributed by atoms with Crippen LogP contribution < -0.4 is 5.32 Å². The molecule has 1 aromatic rings. The van der Waals surface area contributed by atoms with Gasteiger partial charge in [0.25, 0.3) is 0 Å². The Morgan fingerprint density at radius 3 is 3.50 bits per heavy atom. The first-order chi connectivity index (χ1) is 5.90. The maximum absolute atomic E-state index is 8.94. The number of hydrogen-bond acceptors (Lipinski definition) is 3. The molecule has 1 aromatic heterocycles. The minimum atomic E-state index is 0.213. The number of aromatic nitrogens is 2. The molecule has 0 spiro atoms. The van der Waals surface area contributed by atoms with Crippen molar-refractivity contribution in [3.63, 3.8) is 0 Å². The Morgan fingerprint density at radius 1 is 1.75 bits per heavy atom. The fourth-order valence-electron chi connectivity index (χ4n) is 1.50. The molecule has 1 unspecified atom stereocenters. The van der Waals surface area contributed by atoms with E-state index < -0.39 is 0 Å². The van der Waals surface area contributed by atoms with Gasteiger partial charge in [-0.05, 0) is 12.5 Å². The molecule has 0 saturated heterocycles. The van der Waals surface area contributed by atoms with Crippen molar-refractivity contribution < 1.29 is 5.11 Å². The minimum Gasteiger partial charge on any atom is -0.395 e. The van der Waals surface area contributed by atoms with Crippen LogP contribution >= 0.6 is 0 Å². The van der Waals surface area contributed by atoms with E-state index in [1.807, 2.05) is 16.9 Å². The monoisotopic (exact) mass is 167 g/mol. The second-order valence-corrected chi connectivity index (χ2v) is 3.09. The highest BCUT2D eigenvalue weighted by Gasteiger charge is 2.13. The minimum absolute atomic E-state index is 0.213. The third kappa shape index (κ3) is 1.35. The van der Waals surface area contributed by atoms with Crippen molar-refractivity contribution in [2.75, 3.05) is 6.61 Å². The number of rotatable bonds is 1. The first-order valence-electron chi connectivity index (χ1n) is 4.25. The lowest BCUT2D eigenvalue weighted by Gasteiger charge is -2.10. The van der Waals surface area contributed by atoms with Gasteiger partial charge in [0.1, 0.15) is 0 Å². The summed E-state index contributed by atoms with van der Waals surface area (Å²) < 4.78 is 1.99.